The molecule has 2 aromatic rings. The Balaban J connectivity index is 1.78. The van der Waals surface area contributed by atoms with Crippen LogP contribution in [0, 0.1) is 0 Å². The molecular formula is C22H25NO5. The molecule has 6 heteroatoms. The molecule has 0 unspecified atom stereocenters. The lowest BCUT2D eigenvalue weighted by Gasteiger charge is -2.14. The monoisotopic (exact) mass is 383 g/mol. The highest BCUT2D eigenvalue weighted by molar-refractivity contribution is 5.81. The van der Waals surface area contributed by atoms with Crippen LogP contribution < -0.4 is 14.8 Å². The number of nitrogens with one attached hydrogen (secondary N) is 1. The predicted molar refractivity (Wildman–Crippen MR) is 106 cm³/mol. The molecule has 0 spiro atoms. The smallest absolute Gasteiger partial charge is 0.344 e. The normalized spacial score (nSPS) is 11.2. The Morgan fingerprint density at radius 1 is 1.11 bits per heavy atom. The summed E-state index contributed by atoms with van der Waals surface area (Å²) in [5, 5.41) is 2.78. The van der Waals surface area contributed by atoms with Crippen LogP contribution in [0.1, 0.15) is 24.1 Å². The second-order valence-electron chi connectivity index (χ2n) is 6.13. The van der Waals surface area contributed by atoms with Crippen molar-refractivity contribution in [1.29, 1.82) is 0 Å². The summed E-state index contributed by atoms with van der Waals surface area (Å²) in [7, 11) is 1.52. The SMILES string of the molecule is C=CCc1ccc(OCC(=O)OCC(=O)N[C@@H](C)c2ccccc2)c(OC)c1. The zero-order valence-electron chi connectivity index (χ0n) is 16.1. The second-order valence-corrected chi connectivity index (χ2v) is 6.13. The highest BCUT2D eigenvalue weighted by Crippen LogP contribution is 2.28. The highest BCUT2D eigenvalue weighted by Gasteiger charge is 2.13. The molecule has 0 radical (unpaired) electrons. The number of ether oxygens (including phenoxy) is 3. The Morgan fingerprint density at radius 2 is 1.86 bits per heavy atom. The van der Waals surface area contributed by atoms with E-state index in [9.17, 15) is 9.59 Å². The van der Waals surface area contributed by atoms with Crippen LogP contribution in [0.15, 0.2) is 61.2 Å². The molecule has 0 bridgehead atoms. The molecule has 28 heavy (non-hydrogen) atoms. The van der Waals surface area contributed by atoms with Gasteiger partial charge < -0.3 is 19.5 Å². The van der Waals surface area contributed by atoms with Crippen molar-refractivity contribution in [2.24, 2.45) is 0 Å². The van der Waals surface area contributed by atoms with Crippen LogP contribution in [0.2, 0.25) is 0 Å². The standard InChI is InChI=1S/C22H25NO5/c1-4-8-17-11-12-19(20(13-17)26-3)27-15-22(25)28-14-21(24)23-16(2)18-9-6-5-7-10-18/h4-7,9-13,16H,1,8,14-15H2,2-3H3,(H,23,24)/t16-/m0/s1. The molecule has 0 heterocycles. The lowest BCUT2D eigenvalue weighted by molar-refractivity contribution is -0.150. The first-order chi connectivity index (χ1) is 13.5. The molecule has 1 amide bonds. The first-order valence-corrected chi connectivity index (χ1v) is 8.94. The van der Waals surface area contributed by atoms with E-state index in [1.165, 1.54) is 7.11 Å². The number of carbonyl (C=O) groups excluding carboxylic acids is 2. The summed E-state index contributed by atoms with van der Waals surface area (Å²) in [5.41, 5.74) is 1.99. The highest BCUT2D eigenvalue weighted by atomic mass is 16.6. The van der Waals surface area contributed by atoms with Gasteiger partial charge in [-0.15, -0.1) is 6.58 Å². The van der Waals surface area contributed by atoms with Gasteiger partial charge in [-0.3, -0.25) is 4.79 Å². The Morgan fingerprint density at radius 3 is 2.54 bits per heavy atom. The van der Waals surface area contributed by atoms with E-state index in [2.05, 4.69) is 11.9 Å². The van der Waals surface area contributed by atoms with Crippen molar-refractivity contribution in [2.45, 2.75) is 19.4 Å². The molecule has 0 aromatic heterocycles. The Hall–Kier alpha value is -3.28. The van der Waals surface area contributed by atoms with Gasteiger partial charge in [0.1, 0.15) is 0 Å². The van der Waals surface area contributed by atoms with E-state index in [-0.39, 0.29) is 25.2 Å². The van der Waals surface area contributed by atoms with E-state index in [0.717, 1.165) is 11.1 Å². The average Bonchev–Trinajstić information content (AvgIpc) is 2.72. The van der Waals surface area contributed by atoms with E-state index in [1.807, 2.05) is 49.4 Å². The van der Waals surface area contributed by atoms with Crippen molar-refractivity contribution in [2.75, 3.05) is 20.3 Å². The van der Waals surface area contributed by atoms with Crippen LogP contribution in [0.3, 0.4) is 0 Å². The van der Waals surface area contributed by atoms with Gasteiger partial charge in [0.25, 0.3) is 5.91 Å². The van der Waals surface area contributed by atoms with Crippen LogP contribution >= 0.6 is 0 Å². The minimum absolute atomic E-state index is 0.179. The molecule has 0 saturated heterocycles. The number of amides is 1. The summed E-state index contributed by atoms with van der Waals surface area (Å²) in [6.45, 7) is 4.87. The Kier molecular flexibility index (Phi) is 8.09. The van der Waals surface area contributed by atoms with Crippen molar-refractivity contribution in [1.82, 2.24) is 5.32 Å². The molecule has 0 aliphatic carbocycles. The van der Waals surface area contributed by atoms with Crippen LogP contribution in [0.25, 0.3) is 0 Å². The van der Waals surface area contributed by atoms with Gasteiger partial charge in [-0.2, -0.15) is 0 Å². The third kappa shape index (κ3) is 6.46. The molecule has 0 saturated carbocycles. The minimum atomic E-state index is -0.639. The molecule has 2 aromatic carbocycles. The van der Waals surface area contributed by atoms with Crippen molar-refractivity contribution in [3.8, 4) is 11.5 Å². The maximum Gasteiger partial charge on any atom is 0.344 e. The molecule has 148 valence electrons. The lowest BCUT2D eigenvalue weighted by atomic mass is 10.1. The average molecular weight is 383 g/mol. The summed E-state index contributed by atoms with van der Waals surface area (Å²) >= 11 is 0. The van der Waals surface area contributed by atoms with Gasteiger partial charge in [-0.05, 0) is 36.6 Å². The van der Waals surface area contributed by atoms with E-state index < -0.39 is 5.97 Å². The van der Waals surface area contributed by atoms with Crippen molar-refractivity contribution >= 4 is 11.9 Å². The van der Waals surface area contributed by atoms with Crippen LogP contribution in [-0.4, -0.2) is 32.2 Å². The fourth-order valence-corrected chi connectivity index (χ4v) is 2.56. The molecule has 6 nitrogen and oxygen atoms in total. The van der Waals surface area contributed by atoms with Crippen molar-refractivity contribution < 1.29 is 23.8 Å². The first-order valence-electron chi connectivity index (χ1n) is 8.94. The third-order valence-electron chi connectivity index (χ3n) is 3.99. The first kappa shape index (κ1) is 21.0. The number of benzene rings is 2. The minimum Gasteiger partial charge on any atom is -0.493 e. The predicted octanol–water partition coefficient (Wildman–Crippen LogP) is 3.22. The van der Waals surface area contributed by atoms with Gasteiger partial charge >= 0.3 is 5.97 Å². The van der Waals surface area contributed by atoms with Gasteiger partial charge in [-0.1, -0.05) is 42.5 Å². The van der Waals surface area contributed by atoms with Gasteiger partial charge in [-0.25, -0.2) is 4.79 Å². The molecule has 1 N–H and O–H groups in total. The lowest BCUT2D eigenvalue weighted by Crippen LogP contribution is -2.31. The van der Waals surface area contributed by atoms with Gasteiger partial charge in [0.15, 0.2) is 24.7 Å². The molecule has 1 atom stereocenters. The molecule has 2 rings (SSSR count). The zero-order valence-corrected chi connectivity index (χ0v) is 16.1. The molecule has 0 aliphatic heterocycles. The number of hydrogen-bond acceptors (Lipinski definition) is 5. The van der Waals surface area contributed by atoms with Crippen LogP contribution in [0.5, 0.6) is 11.5 Å². The zero-order chi connectivity index (χ0) is 20.4. The van der Waals surface area contributed by atoms with E-state index >= 15 is 0 Å². The van der Waals surface area contributed by atoms with E-state index in [0.29, 0.717) is 17.9 Å². The maximum absolute atomic E-state index is 11.9. The molecular weight excluding hydrogens is 358 g/mol. The summed E-state index contributed by atoms with van der Waals surface area (Å²) in [5.74, 6) is -0.0770. The summed E-state index contributed by atoms with van der Waals surface area (Å²) in [4.78, 5) is 23.8. The number of methoxy groups -OCH3 is 1. The fraction of sp³-hybridized carbons (Fsp3) is 0.273. The number of carbonyl (C=O) groups is 2. The summed E-state index contributed by atoms with van der Waals surface area (Å²) in [6.07, 6.45) is 2.49. The fourth-order valence-electron chi connectivity index (χ4n) is 2.56. The Labute approximate surface area is 165 Å². The Bertz CT molecular complexity index is 804. The van der Waals surface area contributed by atoms with Crippen molar-refractivity contribution in [3.05, 3.63) is 72.3 Å². The van der Waals surface area contributed by atoms with Crippen LogP contribution in [-0.2, 0) is 20.7 Å². The number of rotatable bonds is 10. The number of hydrogen-bond donors (Lipinski definition) is 1. The summed E-state index contributed by atoms with van der Waals surface area (Å²) in [6, 6.07) is 14.8. The van der Waals surface area contributed by atoms with Gasteiger partial charge in [0.2, 0.25) is 0 Å². The van der Waals surface area contributed by atoms with Gasteiger partial charge in [0, 0.05) is 0 Å². The maximum atomic E-state index is 11.9. The van der Waals surface area contributed by atoms with Crippen molar-refractivity contribution in [3.63, 3.8) is 0 Å². The third-order valence-corrected chi connectivity index (χ3v) is 3.99. The number of allylic oxidation sites excluding steroid dienone is 1. The van der Waals surface area contributed by atoms with E-state index in [4.69, 9.17) is 14.2 Å². The molecule has 0 aliphatic rings. The van der Waals surface area contributed by atoms with Gasteiger partial charge in [0.05, 0.1) is 13.2 Å². The van der Waals surface area contributed by atoms with Crippen LogP contribution in [0.4, 0.5) is 0 Å². The topological polar surface area (TPSA) is 73.9 Å². The quantitative estimate of drug-likeness (QED) is 0.504. The summed E-state index contributed by atoms with van der Waals surface area (Å²) < 4.78 is 15.7. The van der Waals surface area contributed by atoms with E-state index in [1.54, 1.807) is 12.1 Å². The largest absolute Gasteiger partial charge is 0.493 e. The molecule has 0 fully saturated rings. The second kappa shape index (κ2) is 10.8. The number of esters is 1.